The van der Waals surface area contributed by atoms with Crippen LogP contribution in [0.15, 0.2) is 66.0 Å². The fourth-order valence-electron chi connectivity index (χ4n) is 2.96. The summed E-state index contributed by atoms with van der Waals surface area (Å²) in [4.78, 5) is 19.2. The van der Waals surface area contributed by atoms with Crippen LogP contribution in [-0.2, 0) is 19.3 Å². The normalized spacial score (nSPS) is 9.97. The molecule has 4 nitrogen and oxygen atoms in total. The van der Waals surface area contributed by atoms with Crippen LogP contribution in [0.2, 0.25) is 0 Å². The number of thiazole rings is 1. The van der Waals surface area contributed by atoms with E-state index in [0.717, 1.165) is 24.3 Å². The number of aromatic nitrogens is 1. The maximum Gasteiger partial charge on any atom is 0.273 e. The zero-order valence-electron chi connectivity index (χ0n) is 16.2. The Morgan fingerprint density at radius 1 is 0.862 bits per heavy atom. The lowest BCUT2D eigenvalue weighted by atomic mass is 10.1. The Balaban J connectivity index is 0.00000210. The number of hydrogen-bond donors (Lipinski definition) is 1. The SMILES string of the molecule is Cl.Cl.NCCN(CCc1ccccc1)C(=O)c1csc(CCc2ccccc2)n1. The van der Waals surface area contributed by atoms with Crippen molar-refractivity contribution in [2.75, 3.05) is 19.6 Å². The van der Waals surface area contributed by atoms with Crippen molar-refractivity contribution in [1.29, 1.82) is 0 Å². The van der Waals surface area contributed by atoms with Crippen molar-refractivity contribution in [3.63, 3.8) is 0 Å². The smallest absolute Gasteiger partial charge is 0.273 e. The topological polar surface area (TPSA) is 59.2 Å². The summed E-state index contributed by atoms with van der Waals surface area (Å²) in [6.07, 6.45) is 2.60. The quantitative estimate of drug-likeness (QED) is 0.523. The molecule has 1 heterocycles. The molecule has 3 rings (SSSR count). The standard InChI is InChI=1S/C22H25N3OS.2ClH/c23-14-16-25(15-13-19-9-5-2-6-10-19)22(26)20-17-27-21(24-20)12-11-18-7-3-1-4-8-18;;/h1-10,17H,11-16,23H2;2*1H. The van der Waals surface area contributed by atoms with Crippen molar-refractivity contribution in [3.05, 3.63) is 87.9 Å². The average molecular weight is 452 g/mol. The van der Waals surface area contributed by atoms with E-state index in [-0.39, 0.29) is 30.7 Å². The monoisotopic (exact) mass is 451 g/mol. The summed E-state index contributed by atoms with van der Waals surface area (Å²) in [5.41, 5.74) is 8.75. The number of carbonyl (C=O) groups is 1. The van der Waals surface area contributed by atoms with E-state index in [0.29, 0.717) is 25.3 Å². The van der Waals surface area contributed by atoms with Crippen LogP contribution in [0.4, 0.5) is 0 Å². The first kappa shape index (κ1) is 25.1. The largest absolute Gasteiger partial charge is 0.336 e. The van der Waals surface area contributed by atoms with Crippen LogP contribution < -0.4 is 5.73 Å². The first-order valence-electron chi connectivity index (χ1n) is 9.28. The molecule has 0 saturated heterocycles. The van der Waals surface area contributed by atoms with Crippen LogP contribution in [0, 0.1) is 0 Å². The van der Waals surface area contributed by atoms with Gasteiger partial charge in [0.25, 0.3) is 5.91 Å². The second-order valence-corrected chi connectivity index (χ2v) is 7.37. The third-order valence-electron chi connectivity index (χ3n) is 4.44. The highest BCUT2D eigenvalue weighted by Crippen LogP contribution is 2.15. The second-order valence-electron chi connectivity index (χ2n) is 6.43. The van der Waals surface area contributed by atoms with Gasteiger partial charge in [0.15, 0.2) is 0 Å². The molecule has 7 heteroatoms. The molecule has 2 aromatic carbocycles. The molecule has 0 atom stereocenters. The van der Waals surface area contributed by atoms with Crippen molar-refractivity contribution in [2.45, 2.75) is 19.3 Å². The number of nitrogens with two attached hydrogens (primary N) is 1. The van der Waals surface area contributed by atoms with Crippen LogP contribution in [0.3, 0.4) is 0 Å². The number of aryl methyl sites for hydroxylation is 2. The molecule has 29 heavy (non-hydrogen) atoms. The third-order valence-corrected chi connectivity index (χ3v) is 5.35. The number of nitrogens with zero attached hydrogens (tertiary/aromatic N) is 2. The van der Waals surface area contributed by atoms with Gasteiger partial charge in [-0.15, -0.1) is 36.2 Å². The van der Waals surface area contributed by atoms with Crippen LogP contribution in [0.5, 0.6) is 0 Å². The minimum Gasteiger partial charge on any atom is -0.336 e. The van der Waals surface area contributed by atoms with Crippen LogP contribution in [0.1, 0.15) is 26.6 Å². The highest BCUT2D eigenvalue weighted by molar-refractivity contribution is 7.09. The third kappa shape index (κ3) is 7.78. The van der Waals surface area contributed by atoms with E-state index in [1.54, 1.807) is 11.3 Å². The van der Waals surface area contributed by atoms with Gasteiger partial charge in [0, 0.05) is 31.4 Å². The molecule has 1 amide bonds. The first-order valence-corrected chi connectivity index (χ1v) is 10.2. The van der Waals surface area contributed by atoms with Gasteiger partial charge in [-0.05, 0) is 24.0 Å². The molecule has 0 fully saturated rings. The molecule has 3 aromatic rings. The summed E-state index contributed by atoms with van der Waals surface area (Å²) >= 11 is 1.56. The Morgan fingerprint density at radius 2 is 1.45 bits per heavy atom. The summed E-state index contributed by atoms with van der Waals surface area (Å²) in [6, 6.07) is 20.5. The van der Waals surface area contributed by atoms with E-state index in [1.807, 2.05) is 46.7 Å². The minimum atomic E-state index is -0.0291. The number of hydrogen-bond acceptors (Lipinski definition) is 4. The molecule has 2 N–H and O–H groups in total. The van der Waals surface area contributed by atoms with Gasteiger partial charge in [0.1, 0.15) is 5.69 Å². The van der Waals surface area contributed by atoms with Crippen LogP contribution in [-0.4, -0.2) is 35.4 Å². The van der Waals surface area contributed by atoms with E-state index in [1.165, 1.54) is 11.1 Å². The molecule has 0 radical (unpaired) electrons. The fraction of sp³-hybridized carbons (Fsp3) is 0.273. The fourth-order valence-corrected chi connectivity index (χ4v) is 3.73. The number of amides is 1. The number of carbonyl (C=O) groups excluding carboxylic acids is 1. The summed E-state index contributed by atoms with van der Waals surface area (Å²) in [5.74, 6) is -0.0291. The lowest BCUT2D eigenvalue weighted by Crippen LogP contribution is -2.37. The zero-order chi connectivity index (χ0) is 18.9. The Kier molecular flexibility index (Phi) is 11.5. The van der Waals surface area contributed by atoms with E-state index < -0.39 is 0 Å². The van der Waals surface area contributed by atoms with Gasteiger partial charge in [-0.3, -0.25) is 4.79 Å². The Hall–Kier alpha value is -1.92. The number of halogens is 2. The highest BCUT2D eigenvalue weighted by Gasteiger charge is 2.18. The summed E-state index contributed by atoms with van der Waals surface area (Å²) in [7, 11) is 0. The molecule has 156 valence electrons. The lowest BCUT2D eigenvalue weighted by Gasteiger charge is -2.21. The van der Waals surface area contributed by atoms with Gasteiger partial charge in [-0.25, -0.2) is 4.98 Å². The molecular weight excluding hydrogens is 425 g/mol. The van der Waals surface area contributed by atoms with Gasteiger partial charge in [-0.1, -0.05) is 60.7 Å². The Bertz CT molecular complexity index is 844. The van der Waals surface area contributed by atoms with Crippen molar-refractivity contribution >= 4 is 42.1 Å². The molecular formula is C22H27Cl2N3OS. The lowest BCUT2D eigenvalue weighted by molar-refractivity contribution is 0.0757. The summed E-state index contributed by atoms with van der Waals surface area (Å²) in [5, 5.41) is 2.87. The molecule has 1 aromatic heterocycles. The van der Waals surface area contributed by atoms with Crippen LogP contribution in [0.25, 0.3) is 0 Å². The predicted octanol–water partition coefficient (Wildman–Crippen LogP) is 4.42. The van der Waals surface area contributed by atoms with Gasteiger partial charge in [-0.2, -0.15) is 0 Å². The van der Waals surface area contributed by atoms with Gasteiger partial charge >= 0.3 is 0 Å². The number of rotatable bonds is 9. The summed E-state index contributed by atoms with van der Waals surface area (Å²) < 4.78 is 0. The second kappa shape index (κ2) is 13.3. The molecule has 0 bridgehead atoms. The Labute approximate surface area is 189 Å². The van der Waals surface area contributed by atoms with E-state index in [9.17, 15) is 4.79 Å². The molecule has 0 aliphatic heterocycles. The van der Waals surface area contributed by atoms with Gasteiger partial charge in [0.2, 0.25) is 0 Å². The number of benzene rings is 2. The van der Waals surface area contributed by atoms with Crippen molar-refractivity contribution < 1.29 is 4.79 Å². The molecule has 0 unspecified atom stereocenters. The maximum atomic E-state index is 12.9. The van der Waals surface area contributed by atoms with E-state index >= 15 is 0 Å². The predicted molar refractivity (Wildman–Crippen MR) is 126 cm³/mol. The average Bonchev–Trinajstić information content (AvgIpc) is 3.20. The van der Waals surface area contributed by atoms with Crippen molar-refractivity contribution in [1.82, 2.24) is 9.88 Å². The van der Waals surface area contributed by atoms with E-state index in [2.05, 4.69) is 29.2 Å². The van der Waals surface area contributed by atoms with Gasteiger partial charge in [0.05, 0.1) is 5.01 Å². The molecule has 0 spiro atoms. The Morgan fingerprint density at radius 3 is 2.03 bits per heavy atom. The summed E-state index contributed by atoms with van der Waals surface area (Å²) in [6.45, 7) is 1.64. The molecule has 0 aliphatic carbocycles. The first-order chi connectivity index (χ1) is 13.3. The van der Waals surface area contributed by atoms with Crippen molar-refractivity contribution in [3.8, 4) is 0 Å². The minimum absolute atomic E-state index is 0. The maximum absolute atomic E-state index is 12.9. The molecule has 0 aliphatic rings. The van der Waals surface area contributed by atoms with Crippen LogP contribution >= 0.6 is 36.2 Å². The molecule has 0 saturated carbocycles. The van der Waals surface area contributed by atoms with Crippen molar-refractivity contribution in [2.24, 2.45) is 5.73 Å². The van der Waals surface area contributed by atoms with E-state index in [4.69, 9.17) is 5.73 Å². The highest BCUT2D eigenvalue weighted by atomic mass is 35.5. The van der Waals surface area contributed by atoms with Gasteiger partial charge < -0.3 is 10.6 Å². The zero-order valence-corrected chi connectivity index (χ0v) is 18.6.